The van der Waals surface area contributed by atoms with Gasteiger partial charge in [0.1, 0.15) is 5.82 Å². The second-order valence-electron chi connectivity index (χ2n) is 3.92. The molecule has 1 aliphatic carbocycles. The minimum Gasteiger partial charge on any atom is -0.384 e. The van der Waals surface area contributed by atoms with Crippen LogP contribution in [0.4, 0.5) is 5.82 Å². The lowest BCUT2D eigenvalue weighted by atomic mass is 10.3. The van der Waals surface area contributed by atoms with Crippen LogP contribution in [0.15, 0.2) is 30.9 Å². The molecule has 1 saturated carbocycles. The van der Waals surface area contributed by atoms with E-state index in [1.54, 1.807) is 6.20 Å². The highest BCUT2D eigenvalue weighted by molar-refractivity contribution is 5.41. The third kappa shape index (κ3) is 1.58. The Morgan fingerprint density at radius 3 is 2.93 bits per heavy atom. The normalized spacial score (nSPS) is 15.5. The highest BCUT2D eigenvalue weighted by atomic mass is 15.0. The van der Waals surface area contributed by atoms with Gasteiger partial charge in [0.2, 0.25) is 0 Å². The van der Waals surface area contributed by atoms with Crippen LogP contribution in [-0.4, -0.2) is 14.5 Å². The van der Waals surface area contributed by atoms with Gasteiger partial charge in [-0.2, -0.15) is 0 Å². The zero-order valence-electron chi connectivity index (χ0n) is 8.30. The van der Waals surface area contributed by atoms with Crippen LogP contribution in [0.5, 0.6) is 0 Å². The smallest absolute Gasteiger partial charge is 0.125 e. The van der Waals surface area contributed by atoms with Gasteiger partial charge < -0.3 is 10.3 Å². The first-order valence-electron chi connectivity index (χ1n) is 5.09. The molecule has 2 aromatic rings. The van der Waals surface area contributed by atoms with Crippen molar-refractivity contribution in [2.75, 3.05) is 5.73 Å². The van der Waals surface area contributed by atoms with Crippen molar-refractivity contribution in [3.8, 4) is 5.69 Å². The Bertz CT molecular complexity index is 485. The van der Waals surface area contributed by atoms with Crippen molar-refractivity contribution in [3.05, 3.63) is 36.5 Å². The Morgan fingerprint density at radius 2 is 2.20 bits per heavy atom. The van der Waals surface area contributed by atoms with Crippen LogP contribution in [0.1, 0.15) is 24.5 Å². The van der Waals surface area contributed by atoms with Crippen LogP contribution in [0.25, 0.3) is 5.69 Å². The zero-order chi connectivity index (χ0) is 10.3. The number of hydrogen-bond acceptors (Lipinski definition) is 3. The summed E-state index contributed by atoms with van der Waals surface area (Å²) in [6.07, 6.45) is 8.17. The second-order valence-corrected chi connectivity index (χ2v) is 3.92. The van der Waals surface area contributed by atoms with Gasteiger partial charge in [0.15, 0.2) is 0 Å². The number of nitrogen functional groups attached to an aromatic ring is 1. The molecule has 4 heteroatoms. The standard InChI is InChI=1S/C11H12N4/c12-11-5-9(3-4-13-11)15-6-10(14-7-15)8-1-2-8/h3-8H,1-2H2,(H2,12,13). The summed E-state index contributed by atoms with van der Waals surface area (Å²) < 4.78 is 1.99. The minimum atomic E-state index is 0.536. The lowest BCUT2D eigenvalue weighted by Gasteiger charge is -2.01. The molecule has 0 aromatic carbocycles. The Morgan fingerprint density at radius 1 is 1.33 bits per heavy atom. The first-order valence-corrected chi connectivity index (χ1v) is 5.09. The van der Waals surface area contributed by atoms with E-state index in [-0.39, 0.29) is 0 Å². The largest absolute Gasteiger partial charge is 0.384 e. The zero-order valence-corrected chi connectivity index (χ0v) is 8.30. The molecule has 0 aliphatic heterocycles. The fourth-order valence-corrected chi connectivity index (χ4v) is 1.67. The van der Waals surface area contributed by atoms with E-state index in [2.05, 4.69) is 16.2 Å². The summed E-state index contributed by atoms with van der Waals surface area (Å²) >= 11 is 0. The van der Waals surface area contributed by atoms with Crippen molar-refractivity contribution < 1.29 is 0 Å². The fraction of sp³-hybridized carbons (Fsp3) is 0.273. The number of pyridine rings is 1. The number of imidazole rings is 1. The molecule has 4 nitrogen and oxygen atoms in total. The van der Waals surface area contributed by atoms with Gasteiger partial charge in [0, 0.05) is 24.4 Å². The average molecular weight is 200 g/mol. The van der Waals surface area contributed by atoms with E-state index in [0.717, 1.165) is 5.69 Å². The summed E-state index contributed by atoms with van der Waals surface area (Å²) in [6.45, 7) is 0. The summed E-state index contributed by atoms with van der Waals surface area (Å²) in [5, 5.41) is 0. The summed E-state index contributed by atoms with van der Waals surface area (Å²) in [7, 11) is 0. The van der Waals surface area contributed by atoms with E-state index in [4.69, 9.17) is 5.73 Å². The van der Waals surface area contributed by atoms with Crippen molar-refractivity contribution in [2.24, 2.45) is 0 Å². The van der Waals surface area contributed by atoms with Crippen LogP contribution in [0.2, 0.25) is 0 Å². The Kier molecular flexibility index (Phi) is 1.74. The van der Waals surface area contributed by atoms with Crippen molar-refractivity contribution >= 4 is 5.82 Å². The molecule has 3 rings (SSSR count). The summed E-state index contributed by atoms with van der Waals surface area (Å²) in [4.78, 5) is 8.35. The van der Waals surface area contributed by atoms with Crippen molar-refractivity contribution in [1.29, 1.82) is 0 Å². The SMILES string of the molecule is Nc1cc(-n2cnc(C3CC3)c2)ccn1. The molecule has 2 aromatic heterocycles. The number of nitrogens with two attached hydrogens (primary N) is 1. The quantitative estimate of drug-likeness (QED) is 0.803. The maximum absolute atomic E-state index is 5.63. The van der Waals surface area contributed by atoms with Crippen LogP contribution in [0, 0.1) is 0 Å². The van der Waals surface area contributed by atoms with Gasteiger partial charge in [-0.15, -0.1) is 0 Å². The molecule has 0 radical (unpaired) electrons. The summed E-state index contributed by atoms with van der Waals surface area (Å²) in [6, 6.07) is 3.77. The van der Waals surface area contributed by atoms with E-state index < -0.39 is 0 Å². The maximum Gasteiger partial charge on any atom is 0.125 e. The molecule has 1 fully saturated rings. The van der Waals surface area contributed by atoms with Gasteiger partial charge >= 0.3 is 0 Å². The number of hydrogen-bond donors (Lipinski definition) is 1. The van der Waals surface area contributed by atoms with Gasteiger partial charge in [-0.3, -0.25) is 0 Å². The van der Waals surface area contributed by atoms with Crippen molar-refractivity contribution in [2.45, 2.75) is 18.8 Å². The molecule has 76 valence electrons. The predicted octanol–water partition coefficient (Wildman–Crippen LogP) is 1.73. The van der Waals surface area contributed by atoms with Gasteiger partial charge in [0.25, 0.3) is 0 Å². The van der Waals surface area contributed by atoms with Gasteiger partial charge in [0.05, 0.1) is 17.7 Å². The number of rotatable bonds is 2. The molecular formula is C11H12N4. The number of aromatic nitrogens is 3. The first kappa shape index (κ1) is 8.47. The molecule has 2 heterocycles. The van der Waals surface area contributed by atoms with Crippen molar-refractivity contribution in [3.63, 3.8) is 0 Å². The van der Waals surface area contributed by atoms with Gasteiger partial charge in [-0.1, -0.05) is 0 Å². The molecule has 0 atom stereocenters. The molecule has 1 aliphatic rings. The van der Waals surface area contributed by atoms with E-state index in [0.29, 0.717) is 11.7 Å². The Balaban J connectivity index is 1.97. The Hall–Kier alpha value is -1.84. The highest BCUT2D eigenvalue weighted by Gasteiger charge is 2.25. The molecule has 0 bridgehead atoms. The average Bonchev–Trinajstić information content (AvgIpc) is 2.97. The number of nitrogens with zero attached hydrogens (tertiary/aromatic N) is 3. The fourth-order valence-electron chi connectivity index (χ4n) is 1.67. The molecule has 2 N–H and O–H groups in total. The third-order valence-electron chi connectivity index (χ3n) is 2.66. The van der Waals surface area contributed by atoms with E-state index in [9.17, 15) is 0 Å². The van der Waals surface area contributed by atoms with Crippen LogP contribution >= 0.6 is 0 Å². The van der Waals surface area contributed by atoms with Crippen LogP contribution in [0.3, 0.4) is 0 Å². The molecule has 0 unspecified atom stereocenters. The van der Waals surface area contributed by atoms with Crippen molar-refractivity contribution in [1.82, 2.24) is 14.5 Å². The molecular weight excluding hydrogens is 188 g/mol. The van der Waals surface area contributed by atoms with E-state index in [1.807, 2.05) is 23.0 Å². The topological polar surface area (TPSA) is 56.7 Å². The second kappa shape index (κ2) is 3.08. The van der Waals surface area contributed by atoms with Crippen LogP contribution < -0.4 is 5.73 Å². The first-order chi connectivity index (χ1) is 7.33. The molecule has 0 saturated heterocycles. The Labute approximate surface area is 87.8 Å². The van der Waals surface area contributed by atoms with E-state index in [1.165, 1.54) is 18.5 Å². The highest BCUT2D eigenvalue weighted by Crippen LogP contribution is 2.39. The van der Waals surface area contributed by atoms with Gasteiger partial charge in [-0.05, 0) is 18.9 Å². The minimum absolute atomic E-state index is 0.536. The summed E-state index contributed by atoms with van der Waals surface area (Å²) in [5.41, 5.74) is 7.83. The number of anilines is 1. The molecule has 0 spiro atoms. The third-order valence-corrected chi connectivity index (χ3v) is 2.66. The monoisotopic (exact) mass is 200 g/mol. The van der Waals surface area contributed by atoms with Gasteiger partial charge in [-0.25, -0.2) is 9.97 Å². The predicted molar refractivity (Wildman–Crippen MR) is 57.7 cm³/mol. The van der Waals surface area contributed by atoms with Crippen LogP contribution in [-0.2, 0) is 0 Å². The molecule has 15 heavy (non-hydrogen) atoms. The molecule has 0 amide bonds. The maximum atomic E-state index is 5.63. The van der Waals surface area contributed by atoms with E-state index >= 15 is 0 Å². The summed E-state index contributed by atoms with van der Waals surface area (Å²) in [5.74, 6) is 1.22. The lowest BCUT2D eigenvalue weighted by Crippen LogP contribution is -1.94. The lowest BCUT2D eigenvalue weighted by molar-refractivity contribution is 1.04.